The number of aromatic nitrogens is 2. The number of amides is 1. The molecule has 0 aliphatic heterocycles. The largest absolute Gasteiger partial charge is 0.355 e. The van der Waals surface area contributed by atoms with Gasteiger partial charge in [0.25, 0.3) is 0 Å². The van der Waals surface area contributed by atoms with Gasteiger partial charge in [-0.05, 0) is 19.4 Å². The van der Waals surface area contributed by atoms with Crippen LogP contribution in [0.4, 0.5) is 0 Å². The first-order chi connectivity index (χ1) is 8.27. The van der Waals surface area contributed by atoms with Gasteiger partial charge in [0.2, 0.25) is 5.91 Å². The normalized spacial score (nSPS) is 10.5. The van der Waals surface area contributed by atoms with Crippen LogP contribution < -0.4 is 10.6 Å². The molecule has 0 spiro atoms. The van der Waals surface area contributed by atoms with Crippen LogP contribution >= 0.6 is 0 Å². The van der Waals surface area contributed by atoms with E-state index in [2.05, 4.69) is 22.5 Å². The van der Waals surface area contributed by atoms with E-state index < -0.39 is 0 Å². The molecule has 0 atom stereocenters. The Kier molecular flexibility index (Phi) is 6.32. The molecular weight excluding hydrogens is 216 g/mol. The van der Waals surface area contributed by atoms with Gasteiger partial charge >= 0.3 is 0 Å². The van der Waals surface area contributed by atoms with Crippen LogP contribution in [-0.4, -0.2) is 28.5 Å². The second-order valence-electron chi connectivity index (χ2n) is 4.04. The zero-order chi connectivity index (χ0) is 12.5. The fourth-order valence-electron chi connectivity index (χ4n) is 1.51. The molecule has 1 rings (SSSR count). The molecular formula is C12H22N4O. The van der Waals surface area contributed by atoms with E-state index in [9.17, 15) is 4.79 Å². The zero-order valence-electron chi connectivity index (χ0n) is 10.7. The van der Waals surface area contributed by atoms with Crippen molar-refractivity contribution in [3.63, 3.8) is 0 Å². The molecule has 0 saturated carbocycles. The van der Waals surface area contributed by atoms with Crippen LogP contribution in [0.3, 0.4) is 0 Å². The van der Waals surface area contributed by atoms with Gasteiger partial charge in [-0.3, -0.25) is 4.79 Å². The predicted octanol–water partition coefficient (Wildman–Crippen LogP) is 0.909. The van der Waals surface area contributed by atoms with Gasteiger partial charge in [-0.1, -0.05) is 13.8 Å². The molecule has 5 heteroatoms. The number of carbonyl (C=O) groups is 1. The lowest BCUT2D eigenvalue weighted by atomic mass is 10.4. The minimum Gasteiger partial charge on any atom is -0.355 e. The summed E-state index contributed by atoms with van der Waals surface area (Å²) in [5, 5.41) is 6.16. The summed E-state index contributed by atoms with van der Waals surface area (Å²) in [6.07, 6.45) is 5.57. The quantitative estimate of drug-likeness (QED) is 0.662. The molecule has 0 aliphatic carbocycles. The fourth-order valence-corrected chi connectivity index (χ4v) is 1.51. The number of hydrogen-bond donors (Lipinski definition) is 2. The Morgan fingerprint density at radius 1 is 1.35 bits per heavy atom. The minimum atomic E-state index is 0.0431. The fraction of sp³-hybridized carbons (Fsp3) is 0.667. The smallest absolute Gasteiger partial charge is 0.239 e. The number of imidazole rings is 1. The Morgan fingerprint density at radius 2 is 2.12 bits per heavy atom. The van der Waals surface area contributed by atoms with Crippen LogP contribution in [0.2, 0.25) is 0 Å². The molecule has 0 fully saturated rings. The van der Waals surface area contributed by atoms with Crippen molar-refractivity contribution in [3.8, 4) is 0 Å². The van der Waals surface area contributed by atoms with Gasteiger partial charge in [0, 0.05) is 19.3 Å². The lowest BCUT2D eigenvalue weighted by Crippen LogP contribution is -2.29. The second kappa shape index (κ2) is 7.84. The maximum Gasteiger partial charge on any atom is 0.239 e. The Bertz CT molecular complexity index is 335. The third-order valence-electron chi connectivity index (χ3n) is 2.42. The van der Waals surface area contributed by atoms with Crippen LogP contribution in [0.15, 0.2) is 12.5 Å². The molecule has 0 saturated heterocycles. The maximum atomic E-state index is 11.6. The maximum absolute atomic E-state index is 11.6. The van der Waals surface area contributed by atoms with Crippen molar-refractivity contribution in [1.29, 1.82) is 0 Å². The van der Waals surface area contributed by atoms with Gasteiger partial charge in [0.05, 0.1) is 12.0 Å². The van der Waals surface area contributed by atoms with E-state index >= 15 is 0 Å². The van der Waals surface area contributed by atoms with Crippen molar-refractivity contribution in [2.24, 2.45) is 0 Å². The number of nitrogens with zero attached hydrogens (tertiary/aromatic N) is 2. The summed E-state index contributed by atoms with van der Waals surface area (Å²) >= 11 is 0. The monoisotopic (exact) mass is 238 g/mol. The highest BCUT2D eigenvalue weighted by Gasteiger charge is 2.06. The highest BCUT2D eigenvalue weighted by Crippen LogP contribution is 1.98. The molecule has 0 radical (unpaired) electrons. The van der Waals surface area contributed by atoms with Crippen LogP contribution in [-0.2, 0) is 17.9 Å². The molecule has 17 heavy (non-hydrogen) atoms. The Hall–Kier alpha value is -1.36. The highest BCUT2D eigenvalue weighted by molar-refractivity contribution is 5.75. The first kappa shape index (κ1) is 13.7. The van der Waals surface area contributed by atoms with Gasteiger partial charge in [-0.2, -0.15) is 0 Å². The molecule has 0 aromatic carbocycles. The van der Waals surface area contributed by atoms with E-state index in [-0.39, 0.29) is 5.91 Å². The van der Waals surface area contributed by atoms with Gasteiger partial charge in [0.15, 0.2) is 0 Å². The third kappa shape index (κ3) is 4.99. The molecule has 96 valence electrons. The Labute approximate surface area is 103 Å². The number of carbonyl (C=O) groups excluding carboxylic acids is 1. The topological polar surface area (TPSA) is 59.0 Å². The van der Waals surface area contributed by atoms with Crippen molar-refractivity contribution < 1.29 is 4.79 Å². The molecule has 1 aromatic heterocycles. The first-order valence-electron chi connectivity index (χ1n) is 6.24. The van der Waals surface area contributed by atoms with E-state index in [4.69, 9.17) is 0 Å². The standard InChI is InChI=1S/C12H22N4O/c1-3-5-13-7-11-8-14-10-16(11)9-12(17)15-6-4-2/h8,10,13H,3-7,9H2,1-2H3,(H,15,17). The van der Waals surface area contributed by atoms with Crippen molar-refractivity contribution in [2.75, 3.05) is 13.1 Å². The summed E-state index contributed by atoms with van der Waals surface area (Å²) in [6.45, 7) is 6.99. The van der Waals surface area contributed by atoms with Crippen LogP contribution in [0, 0.1) is 0 Å². The molecule has 0 bridgehead atoms. The number of rotatable bonds is 8. The molecule has 0 unspecified atom stereocenters. The average molecular weight is 238 g/mol. The van der Waals surface area contributed by atoms with Crippen molar-refractivity contribution in [2.45, 2.75) is 39.8 Å². The summed E-state index contributed by atoms with van der Waals surface area (Å²) in [4.78, 5) is 15.6. The molecule has 0 aliphatic rings. The van der Waals surface area contributed by atoms with E-state index in [1.54, 1.807) is 12.5 Å². The lowest BCUT2D eigenvalue weighted by molar-refractivity contribution is -0.121. The second-order valence-corrected chi connectivity index (χ2v) is 4.04. The summed E-state index contributed by atoms with van der Waals surface area (Å²) in [6, 6.07) is 0. The highest BCUT2D eigenvalue weighted by atomic mass is 16.1. The van der Waals surface area contributed by atoms with Gasteiger partial charge < -0.3 is 15.2 Å². The number of hydrogen-bond acceptors (Lipinski definition) is 3. The summed E-state index contributed by atoms with van der Waals surface area (Å²) in [5.41, 5.74) is 1.05. The van der Waals surface area contributed by atoms with Gasteiger partial charge in [0.1, 0.15) is 6.54 Å². The van der Waals surface area contributed by atoms with E-state index in [0.29, 0.717) is 6.54 Å². The number of nitrogens with one attached hydrogen (secondary N) is 2. The SMILES string of the molecule is CCCNCc1cncn1CC(=O)NCCC. The van der Waals surface area contributed by atoms with Crippen LogP contribution in [0.25, 0.3) is 0 Å². The summed E-state index contributed by atoms with van der Waals surface area (Å²) < 4.78 is 1.88. The summed E-state index contributed by atoms with van der Waals surface area (Å²) in [7, 11) is 0. The zero-order valence-corrected chi connectivity index (χ0v) is 10.7. The first-order valence-corrected chi connectivity index (χ1v) is 6.24. The van der Waals surface area contributed by atoms with Gasteiger partial charge in [-0.15, -0.1) is 0 Å². The molecule has 1 amide bonds. The Morgan fingerprint density at radius 3 is 2.82 bits per heavy atom. The van der Waals surface area contributed by atoms with Crippen LogP contribution in [0.5, 0.6) is 0 Å². The Balaban J connectivity index is 2.42. The predicted molar refractivity (Wildman–Crippen MR) is 67.5 cm³/mol. The van der Waals surface area contributed by atoms with Gasteiger partial charge in [-0.25, -0.2) is 4.98 Å². The summed E-state index contributed by atoms with van der Waals surface area (Å²) in [5.74, 6) is 0.0431. The minimum absolute atomic E-state index is 0.0431. The molecule has 5 nitrogen and oxygen atoms in total. The molecule has 1 heterocycles. The molecule has 1 aromatic rings. The van der Waals surface area contributed by atoms with E-state index in [0.717, 1.165) is 38.2 Å². The van der Waals surface area contributed by atoms with Crippen molar-refractivity contribution >= 4 is 5.91 Å². The van der Waals surface area contributed by atoms with Crippen molar-refractivity contribution in [1.82, 2.24) is 20.2 Å². The average Bonchev–Trinajstić information content (AvgIpc) is 2.74. The lowest BCUT2D eigenvalue weighted by Gasteiger charge is -2.09. The van der Waals surface area contributed by atoms with E-state index in [1.807, 2.05) is 11.5 Å². The third-order valence-corrected chi connectivity index (χ3v) is 2.42. The van der Waals surface area contributed by atoms with Crippen molar-refractivity contribution in [3.05, 3.63) is 18.2 Å². The van der Waals surface area contributed by atoms with Crippen LogP contribution in [0.1, 0.15) is 32.4 Å². The van der Waals surface area contributed by atoms with E-state index in [1.165, 1.54) is 0 Å². The molecule has 2 N–H and O–H groups in total.